The fourth-order valence-electron chi connectivity index (χ4n) is 4.75. The summed E-state index contributed by atoms with van der Waals surface area (Å²) in [4.78, 5) is 3.24. The number of piperidine rings is 1. The molecule has 2 aliphatic heterocycles. The summed E-state index contributed by atoms with van der Waals surface area (Å²) in [7, 11) is 1.87. The highest BCUT2D eigenvalue weighted by atomic mass is 19.1. The van der Waals surface area contributed by atoms with Gasteiger partial charge in [0, 0.05) is 30.3 Å². The van der Waals surface area contributed by atoms with E-state index < -0.39 is 11.7 Å². The number of fused-ring (bicyclic) bond motifs is 2. The maximum absolute atomic E-state index is 15.2. The Labute approximate surface area is 179 Å². The normalized spacial score (nSPS) is 27.4. The summed E-state index contributed by atoms with van der Waals surface area (Å²) < 4.78 is 15.2. The van der Waals surface area contributed by atoms with Crippen LogP contribution in [-0.2, 0) is 0 Å². The van der Waals surface area contributed by atoms with Gasteiger partial charge in [0.2, 0.25) is 0 Å². The van der Waals surface area contributed by atoms with E-state index in [1.165, 1.54) is 4.80 Å². The lowest BCUT2D eigenvalue weighted by Crippen LogP contribution is -2.62. The first-order valence-corrected chi connectivity index (χ1v) is 10.4. The number of phenols is 1. The number of hydrogen-bond acceptors (Lipinski definition) is 8. The topological polar surface area (TPSA) is 105 Å². The van der Waals surface area contributed by atoms with Crippen molar-refractivity contribution in [1.29, 1.82) is 0 Å². The molecule has 4 atom stereocenters. The first-order chi connectivity index (χ1) is 14.8. The van der Waals surface area contributed by atoms with E-state index in [9.17, 15) is 5.11 Å². The average molecular weight is 424 g/mol. The molecule has 31 heavy (non-hydrogen) atoms. The highest BCUT2D eigenvalue weighted by Crippen LogP contribution is 2.40. The van der Waals surface area contributed by atoms with E-state index in [-0.39, 0.29) is 11.8 Å². The monoisotopic (exact) mass is 424 g/mol. The summed E-state index contributed by atoms with van der Waals surface area (Å²) in [6.07, 6.45) is 1.62. The molecule has 2 N–H and O–H groups in total. The molecule has 2 fully saturated rings. The van der Waals surface area contributed by atoms with Crippen molar-refractivity contribution in [3.8, 4) is 22.7 Å². The zero-order chi connectivity index (χ0) is 21.8. The van der Waals surface area contributed by atoms with E-state index in [4.69, 9.17) is 0 Å². The summed E-state index contributed by atoms with van der Waals surface area (Å²) in [6.45, 7) is 3.71. The third kappa shape index (κ3) is 3.40. The maximum Gasteiger partial charge on any atom is 0.172 e. The molecule has 2 aliphatic rings. The van der Waals surface area contributed by atoms with Crippen molar-refractivity contribution < 1.29 is 9.50 Å². The maximum atomic E-state index is 15.2. The van der Waals surface area contributed by atoms with Gasteiger partial charge in [-0.2, -0.15) is 0 Å². The second-order valence-corrected chi connectivity index (χ2v) is 8.72. The number of halogens is 1. The number of hydrogen-bond donors (Lipinski definition) is 2. The van der Waals surface area contributed by atoms with Crippen molar-refractivity contribution in [2.75, 3.05) is 11.9 Å². The predicted octanol–water partition coefficient (Wildman–Crippen LogP) is 2.19. The smallest absolute Gasteiger partial charge is 0.172 e. The first-order valence-electron chi connectivity index (χ1n) is 10.4. The van der Waals surface area contributed by atoms with Crippen LogP contribution < -0.4 is 10.2 Å². The molecule has 2 saturated heterocycles. The molecule has 2 aromatic heterocycles. The molecule has 0 aliphatic carbocycles. The molecule has 0 amide bonds. The Balaban J connectivity index is 1.36. The summed E-state index contributed by atoms with van der Waals surface area (Å²) in [6, 6.07) is 8.77. The van der Waals surface area contributed by atoms with Crippen LogP contribution in [0.4, 0.5) is 10.2 Å². The molecule has 0 radical (unpaired) electrons. The molecular formula is C21H25FN8O. The number of aromatic hydroxyl groups is 1. The number of benzene rings is 1. The molecule has 0 spiro atoms. The summed E-state index contributed by atoms with van der Waals surface area (Å²) in [5.74, 6) is 1.19. The minimum Gasteiger partial charge on any atom is -0.507 e. The Morgan fingerprint density at radius 3 is 2.74 bits per heavy atom. The van der Waals surface area contributed by atoms with Crippen LogP contribution in [0.5, 0.6) is 5.75 Å². The number of aryl methyl sites for hydroxylation is 1. The van der Waals surface area contributed by atoms with Gasteiger partial charge in [-0.1, -0.05) is 0 Å². The molecule has 0 saturated carbocycles. The zero-order valence-electron chi connectivity index (χ0n) is 17.7. The van der Waals surface area contributed by atoms with Gasteiger partial charge in [-0.15, -0.1) is 25.2 Å². The van der Waals surface area contributed by atoms with Gasteiger partial charge in [-0.3, -0.25) is 0 Å². The Morgan fingerprint density at radius 2 is 2.06 bits per heavy atom. The van der Waals surface area contributed by atoms with Gasteiger partial charge in [0.15, 0.2) is 11.6 Å². The molecule has 162 valence electrons. The molecule has 5 rings (SSSR count). The van der Waals surface area contributed by atoms with Gasteiger partial charge in [0.1, 0.15) is 11.9 Å². The quantitative estimate of drug-likeness (QED) is 0.657. The van der Waals surface area contributed by atoms with Crippen molar-refractivity contribution in [2.45, 2.75) is 56.9 Å². The number of alkyl halides is 1. The number of anilines is 1. The lowest BCUT2D eigenvalue weighted by molar-refractivity contribution is 0.111. The van der Waals surface area contributed by atoms with Gasteiger partial charge >= 0.3 is 0 Å². The molecule has 3 aromatic rings. The SMILES string of the molecule is Cc1nnn(-c2ccc(-c3ccc(N(C)[C@@H]4CC5CC[C@](C)(N5)[C@H]4F)nn3)c(O)c2)n1. The van der Waals surface area contributed by atoms with Crippen LogP contribution in [0.15, 0.2) is 30.3 Å². The van der Waals surface area contributed by atoms with Crippen LogP contribution in [0, 0.1) is 6.92 Å². The molecule has 2 bridgehead atoms. The van der Waals surface area contributed by atoms with Gasteiger partial charge in [-0.05, 0) is 62.6 Å². The lowest BCUT2D eigenvalue weighted by Gasteiger charge is -2.44. The van der Waals surface area contributed by atoms with Crippen molar-refractivity contribution in [2.24, 2.45) is 0 Å². The van der Waals surface area contributed by atoms with Gasteiger partial charge in [0.25, 0.3) is 0 Å². The van der Waals surface area contributed by atoms with Crippen LogP contribution in [0.3, 0.4) is 0 Å². The predicted molar refractivity (Wildman–Crippen MR) is 113 cm³/mol. The number of aromatic nitrogens is 6. The Bertz CT molecular complexity index is 1100. The summed E-state index contributed by atoms with van der Waals surface area (Å²) in [5.41, 5.74) is 1.19. The van der Waals surface area contributed by atoms with Crippen molar-refractivity contribution >= 4 is 5.82 Å². The number of nitrogens with zero attached hydrogens (tertiary/aromatic N) is 7. The number of rotatable bonds is 4. The van der Waals surface area contributed by atoms with Gasteiger partial charge in [0.05, 0.1) is 17.4 Å². The third-order valence-corrected chi connectivity index (χ3v) is 6.53. The second-order valence-electron chi connectivity index (χ2n) is 8.72. The molecule has 9 nitrogen and oxygen atoms in total. The average Bonchev–Trinajstić information content (AvgIpc) is 3.34. The standard InChI is InChI=1S/C21H25FN8O/c1-12-24-28-30(27-12)14-4-5-15(18(31)11-14)16-6-7-19(26-25-16)29(3)17-10-13-8-9-21(2,23-13)20(17)22/h4-7,11,13,17,20,23,31H,8-10H2,1-3H3/t13?,17-,20+,21+/m1/s1. The van der Waals surface area contributed by atoms with E-state index in [1.54, 1.807) is 31.2 Å². The highest BCUT2D eigenvalue weighted by Gasteiger charge is 2.51. The highest BCUT2D eigenvalue weighted by molar-refractivity contribution is 5.68. The summed E-state index contributed by atoms with van der Waals surface area (Å²) in [5, 5.41) is 34.4. The summed E-state index contributed by atoms with van der Waals surface area (Å²) >= 11 is 0. The minimum atomic E-state index is -0.983. The molecular weight excluding hydrogens is 399 g/mol. The van der Waals surface area contributed by atoms with E-state index in [0.29, 0.717) is 34.6 Å². The fourth-order valence-corrected chi connectivity index (χ4v) is 4.75. The van der Waals surface area contributed by atoms with Crippen LogP contribution in [-0.4, -0.2) is 66.4 Å². The largest absolute Gasteiger partial charge is 0.507 e. The Hall–Kier alpha value is -3.14. The van der Waals surface area contributed by atoms with E-state index >= 15 is 4.39 Å². The number of nitrogens with one attached hydrogen (secondary N) is 1. The number of tetrazole rings is 1. The minimum absolute atomic E-state index is 0.0366. The molecule has 1 aromatic carbocycles. The Kier molecular flexibility index (Phi) is 4.62. The lowest BCUT2D eigenvalue weighted by atomic mass is 9.86. The number of phenolic OH excluding ortho intramolecular Hbond substituents is 1. The van der Waals surface area contributed by atoms with Crippen molar-refractivity contribution in [3.63, 3.8) is 0 Å². The Morgan fingerprint density at radius 1 is 1.23 bits per heavy atom. The second kappa shape index (κ2) is 7.23. The first kappa shape index (κ1) is 19.8. The van der Waals surface area contributed by atoms with Crippen LogP contribution in [0.1, 0.15) is 32.0 Å². The zero-order valence-corrected chi connectivity index (χ0v) is 17.7. The third-order valence-electron chi connectivity index (χ3n) is 6.53. The van der Waals surface area contributed by atoms with Gasteiger partial charge < -0.3 is 15.3 Å². The fraction of sp³-hybridized carbons (Fsp3) is 0.476. The molecule has 10 heteroatoms. The van der Waals surface area contributed by atoms with Crippen LogP contribution >= 0.6 is 0 Å². The molecule has 1 unspecified atom stereocenters. The van der Waals surface area contributed by atoms with Gasteiger partial charge in [-0.25, -0.2) is 4.39 Å². The molecule has 4 heterocycles. The van der Waals surface area contributed by atoms with Crippen molar-refractivity contribution in [3.05, 3.63) is 36.2 Å². The van der Waals surface area contributed by atoms with E-state index in [1.807, 2.05) is 24.9 Å². The van der Waals surface area contributed by atoms with E-state index in [2.05, 4.69) is 30.9 Å². The van der Waals surface area contributed by atoms with Crippen molar-refractivity contribution in [1.82, 2.24) is 35.7 Å². The van der Waals surface area contributed by atoms with E-state index in [0.717, 1.165) is 19.3 Å². The van der Waals surface area contributed by atoms with Crippen LogP contribution in [0.2, 0.25) is 0 Å². The van der Waals surface area contributed by atoms with Crippen LogP contribution in [0.25, 0.3) is 16.9 Å².